The van der Waals surface area contributed by atoms with Crippen LogP contribution in [0.3, 0.4) is 0 Å². The van der Waals surface area contributed by atoms with Crippen molar-refractivity contribution < 1.29 is 14.3 Å². The second-order valence-corrected chi connectivity index (χ2v) is 6.71. The molecule has 0 spiro atoms. The van der Waals surface area contributed by atoms with E-state index in [2.05, 4.69) is 20.4 Å². The summed E-state index contributed by atoms with van der Waals surface area (Å²) in [5, 5.41) is 0. The highest BCUT2D eigenvalue weighted by Gasteiger charge is 2.42. The predicted octanol–water partition coefficient (Wildman–Crippen LogP) is 3.98. The van der Waals surface area contributed by atoms with E-state index in [-0.39, 0.29) is 23.6 Å². The zero-order valence-electron chi connectivity index (χ0n) is 13.5. The SMILES string of the molecule is C=C(C)C1CC[C@]2(C)CCC(=O)C(CC(=O)OCC)=C2C1. The van der Waals surface area contributed by atoms with Crippen LogP contribution in [0.5, 0.6) is 0 Å². The number of fused-ring (bicyclic) bond motifs is 1. The Labute approximate surface area is 127 Å². The summed E-state index contributed by atoms with van der Waals surface area (Å²) in [7, 11) is 0. The molecule has 2 atom stereocenters. The van der Waals surface area contributed by atoms with Gasteiger partial charge in [-0.1, -0.05) is 24.6 Å². The van der Waals surface area contributed by atoms with Gasteiger partial charge in [-0.15, -0.1) is 0 Å². The first-order valence-corrected chi connectivity index (χ1v) is 7.94. The molecule has 2 rings (SSSR count). The van der Waals surface area contributed by atoms with Crippen molar-refractivity contribution in [2.75, 3.05) is 6.61 Å². The summed E-state index contributed by atoms with van der Waals surface area (Å²) < 4.78 is 5.04. The van der Waals surface area contributed by atoms with Crippen molar-refractivity contribution in [3.05, 3.63) is 23.3 Å². The smallest absolute Gasteiger partial charge is 0.310 e. The molecule has 3 heteroatoms. The lowest BCUT2D eigenvalue weighted by molar-refractivity contribution is -0.143. The van der Waals surface area contributed by atoms with E-state index in [1.165, 1.54) is 11.1 Å². The number of Topliss-reactive ketones (excluding diaryl/α,β-unsaturated/α-hetero) is 1. The minimum absolute atomic E-state index is 0.0850. The van der Waals surface area contributed by atoms with Gasteiger partial charge in [-0.2, -0.15) is 0 Å². The molecule has 0 radical (unpaired) electrons. The van der Waals surface area contributed by atoms with Crippen molar-refractivity contribution in [2.24, 2.45) is 11.3 Å². The number of carbonyl (C=O) groups is 2. The first-order chi connectivity index (χ1) is 9.87. The number of rotatable bonds is 4. The van der Waals surface area contributed by atoms with E-state index >= 15 is 0 Å². The van der Waals surface area contributed by atoms with Crippen LogP contribution in [0.2, 0.25) is 0 Å². The van der Waals surface area contributed by atoms with Crippen LogP contribution in [0.15, 0.2) is 23.3 Å². The molecular formula is C18H26O3. The van der Waals surface area contributed by atoms with Crippen molar-refractivity contribution in [1.82, 2.24) is 0 Å². The Bertz CT molecular complexity index is 501. The van der Waals surface area contributed by atoms with Gasteiger partial charge in [0.2, 0.25) is 0 Å². The number of esters is 1. The van der Waals surface area contributed by atoms with E-state index < -0.39 is 0 Å². The second-order valence-electron chi connectivity index (χ2n) is 6.71. The largest absolute Gasteiger partial charge is 0.466 e. The minimum Gasteiger partial charge on any atom is -0.466 e. The van der Waals surface area contributed by atoms with Gasteiger partial charge in [0.15, 0.2) is 5.78 Å². The monoisotopic (exact) mass is 290 g/mol. The van der Waals surface area contributed by atoms with Crippen molar-refractivity contribution in [3.8, 4) is 0 Å². The van der Waals surface area contributed by atoms with E-state index in [9.17, 15) is 9.59 Å². The summed E-state index contributed by atoms with van der Waals surface area (Å²) in [6, 6.07) is 0. The Morgan fingerprint density at radius 1 is 1.43 bits per heavy atom. The van der Waals surface area contributed by atoms with Crippen LogP contribution in [-0.2, 0) is 14.3 Å². The molecule has 0 N–H and O–H groups in total. The maximum Gasteiger partial charge on any atom is 0.310 e. The van der Waals surface area contributed by atoms with Crippen LogP contribution in [0.25, 0.3) is 0 Å². The normalized spacial score (nSPS) is 29.1. The fourth-order valence-corrected chi connectivity index (χ4v) is 3.69. The van der Waals surface area contributed by atoms with Crippen LogP contribution in [0.1, 0.15) is 59.3 Å². The van der Waals surface area contributed by atoms with Gasteiger partial charge >= 0.3 is 5.97 Å². The van der Waals surface area contributed by atoms with Crippen molar-refractivity contribution in [3.63, 3.8) is 0 Å². The lowest BCUT2D eigenvalue weighted by Crippen LogP contribution is -2.35. The summed E-state index contributed by atoms with van der Waals surface area (Å²) in [4.78, 5) is 24.1. The molecule has 2 aliphatic rings. The van der Waals surface area contributed by atoms with Crippen LogP contribution >= 0.6 is 0 Å². The average molecular weight is 290 g/mol. The third-order valence-electron chi connectivity index (χ3n) is 5.15. The van der Waals surface area contributed by atoms with Crippen molar-refractivity contribution in [2.45, 2.75) is 59.3 Å². The Kier molecular flexibility index (Phi) is 4.70. The zero-order chi connectivity index (χ0) is 15.6. The Balaban J connectivity index is 2.33. The summed E-state index contributed by atoms with van der Waals surface area (Å²) in [5.74, 6) is 0.295. The van der Waals surface area contributed by atoms with Crippen molar-refractivity contribution >= 4 is 11.8 Å². The lowest BCUT2D eigenvalue weighted by atomic mass is 9.60. The van der Waals surface area contributed by atoms with Gasteiger partial charge in [0.05, 0.1) is 13.0 Å². The molecule has 21 heavy (non-hydrogen) atoms. The fourth-order valence-electron chi connectivity index (χ4n) is 3.69. The summed E-state index contributed by atoms with van der Waals surface area (Å²) in [5.41, 5.74) is 3.19. The van der Waals surface area contributed by atoms with Gasteiger partial charge in [0.1, 0.15) is 0 Å². The maximum atomic E-state index is 12.3. The number of carbonyl (C=O) groups excluding carboxylic acids is 2. The van der Waals surface area contributed by atoms with E-state index in [0.717, 1.165) is 31.3 Å². The summed E-state index contributed by atoms with van der Waals surface area (Å²) in [6.45, 7) is 10.5. The molecule has 0 bridgehead atoms. The molecule has 0 aromatic carbocycles. The molecule has 1 fully saturated rings. The number of hydrogen-bond acceptors (Lipinski definition) is 3. The molecule has 0 aliphatic heterocycles. The van der Waals surface area contributed by atoms with E-state index in [1.807, 2.05) is 0 Å². The lowest BCUT2D eigenvalue weighted by Gasteiger charge is -2.44. The highest BCUT2D eigenvalue weighted by atomic mass is 16.5. The molecule has 0 heterocycles. The molecular weight excluding hydrogens is 264 g/mol. The average Bonchev–Trinajstić information content (AvgIpc) is 2.42. The highest BCUT2D eigenvalue weighted by Crippen LogP contribution is 2.51. The van der Waals surface area contributed by atoms with Crippen molar-refractivity contribution in [1.29, 1.82) is 0 Å². The fraction of sp³-hybridized carbons (Fsp3) is 0.667. The summed E-state index contributed by atoms with van der Waals surface area (Å²) >= 11 is 0. The van der Waals surface area contributed by atoms with Gasteiger partial charge in [-0.25, -0.2) is 0 Å². The Morgan fingerprint density at radius 3 is 2.76 bits per heavy atom. The van der Waals surface area contributed by atoms with Crippen LogP contribution in [0, 0.1) is 11.3 Å². The first kappa shape index (κ1) is 16.0. The third-order valence-corrected chi connectivity index (χ3v) is 5.15. The van der Waals surface area contributed by atoms with E-state index in [0.29, 0.717) is 18.9 Å². The van der Waals surface area contributed by atoms with Crippen LogP contribution in [0.4, 0.5) is 0 Å². The topological polar surface area (TPSA) is 43.4 Å². The molecule has 0 amide bonds. The molecule has 0 aromatic rings. The van der Waals surface area contributed by atoms with Gasteiger partial charge < -0.3 is 4.74 Å². The minimum atomic E-state index is -0.282. The standard InChI is InChI=1S/C18H26O3/c1-5-21-17(20)11-14-15-10-13(12(2)3)6-8-18(15,4)9-7-16(14)19/h13H,2,5-11H2,1,3-4H3/t13?,18-/m1/s1. The third kappa shape index (κ3) is 3.28. The number of ether oxygens (including phenoxy) is 1. The molecule has 1 unspecified atom stereocenters. The second kappa shape index (κ2) is 6.17. The Hall–Kier alpha value is -1.38. The molecule has 116 valence electrons. The molecule has 3 nitrogen and oxygen atoms in total. The number of ketones is 1. The zero-order valence-corrected chi connectivity index (χ0v) is 13.5. The summed E-state index contributed by atoms with van der Waals surface area (Å²) in [6.07, 6.45) is 4.71. The Morgan fingerprint density at radius 2 is 2.14 bits per heavy atom. The molecule has 1 saturated carbocycles. The molecule has 0 aromatic heterocycles. The first-order valence-electron chi connectivity index (χ1n) is 7.94. The van der Waals surface area contributed by atoms with E-state index in [4.69, 9.17) is 4.74 Å². The van der Waals surface area contributed by atoms with E-state index in [1.54, 1.807) is 6.92 Å². The van der Waals surface area contributed by atoms with Gasteiger partial charge in [-0.3, -0.25) is 9.59 Å². The number of allylic oxidation sites excluding steroid dienone is 2. The quantitative estimate of drug-likeness (QED) is 0.581. The highest BCUT2D eigenvalue weighted by molar-refractivity contribution is 6.01. The van der Waals surface area contributed by atoms with Crippen LogP contribution < -0.4 is 0 Å². The number of hydrogen-bond donors (Lipinski definition) is 0. The van der Waals surface area contributed by atoms with Crippen LogP contribution in [-0.4, -0.2) is 18.4 Å². The molecule has 0 saturated heterocycles. The van der Waals surface area contributed by atoms with Gasteiger partial charge in [-0.05, 0) is 50.9 Å². The van der Waals surface area contributed by atoms with Gasteiger partial charge in [0.25, 0.3) is 0 Å². The maximum absolute atomic E-state index is 12.3. The predicted molar refractivity (Wildman–Crippen MR) is 82.8 cm³/mol. The van der Waals surface area contributed by atoms with Gasteiger partial charge in [0, 0.05) is 12.0 Å². The molecule has 2 aliphatic carbocycles.